The van der Waals surface area contributed by atoms with Gasteiger partial charge in [-0.15, -0.1) is 6.42 Å². The highest BCUT2D eigenvalue weighted by Crippen LogP contribution is 2.28. The van der Waals surface area contributed by atoms with E-state index in [2.05, 4.69) is 11.2 Å². The highest BCUT2D eigenvalue weighted by Gasteiger charge is 2.18. The van der Waals surface area contributed by atoms with Gasteiger partial charge >= 0.3 is 0 Å². The molecule has 1 atom stereocenters. The predicted octanol–water partition coefficient (Wildman–Crippen LogP) is 3.28. The van der Waals surface area contributed by atoms with E-state index in [9.17, 15) is 4.79 Å². The predicted molar refractivity (Wildman–Crippen MR) is 110 cm³/mol. The molecule has 28 heavy (non-hydrogen) atoms. The lowest BCUT2D eigenvalue weighted by molar-refractivity contribution is -0.130. The summed E-state index contributed by atoms with van der Waals surface area (Å²) in [6, 6.07) is 13.0. The minimum Gasteiger partial charge on any atom is -0.493 e. The zero-order chi connectivity index (χ0) is 20.4. The van der Waals surface area contributed by atoms with Gasteiger partial charge in [0.05, 0.1) is 7.11 Å². The maximum atomic E-state index is 12.4. The van der Waals surface area contributed by atoms with Crippen LogP contribution in [0.25, 0.3) is 0 Å². The number of ether oxygens (including phenoxy) is 3. The van der Waals surface area contributed by atoms with Crippen molar-refractivity contribution in [2.24, 2.45) is 0 Å². The van der Waals surface area contributed by atoms with E-state index in [0.29, 0.717) is 35.9 Å². The van der Waals surface area contributed by atoms with E-state index in [1.165, 1.54) is 7.11 Å². The average molecular weight is 402 g/mol. The van der Waals surface area contributed by atoms with Gasteiger partial charge in [-0.2, -0.15) is 0 Å². The third-order valence-corrected chi connectivity index (χ3v) is 4.42. The second kappa shape index (κ2) is 11.2. The lowest BCUT2D eigenvalue weighted by Gasteiger charge is -2.16. The van der Waals surface area contributed by atoms with Gasteiger partial charge in [0.1, 0.15) is 12.7 Å². The van der Waals surface area contributed by atoms with Crippen molar-refractivity contribution in [3.05, 3.63) is 58.6 Å². The van der Waals surface area contributed by atoms with E-state index in [0.717, 1.165) is 11.1 Å². The summed E-state index contributed by atoms with van der Waals surface area (Å²) in [6.45, 7) is 0.658. The molecule has 1 amide bonds. The van der Waals surface area contributed by atoms with Crippen molar-refractivity contribution in [2.45, 2.75) is 18.9 Å². The quantitative estimate of drug-likeness (QED) is 0.621. The Morgan fingerprint density at radius 1 is 1.14 bits per heavy atom. The number of carbonyl (C=O) groups excluding carboxylic acids is 1. The summed E-state index contributed by atoms with van der Waals surface area (Å²) in [5.41, 5.74) is 2.00. The fourth-order valence-corrected chi connectivity index (χ4v) is 2.79. The zero-order valence-electron chi connectivity index (χ0n) is 16.0. The van der Waals surface area contributed by atoms with Crippen molar-refractivity contribution < 1.29 is 19.0 Å². The molecule has 2 rings (SSSR count). The second-order valence-corrected chi connectivity index (χ2v) is 6.51. The molecule has 0 fully saturated rings. The first kappa shape index (κ1) is 21.6. The molecule has 2 aromatic carbocycles. The van der Waals surface area contributed by atoms with Gasteiger partial charge in [-0.05, 0) is 41.8 Å². The molecular weight excluding hydrogens is 378 g/mol. The smallest absolute Gasteiger partial charge is 0.249 e. The van der Waals surface area contributed by atoms with Gasteiger partial charge in [0, 0.05) is 25.1 Å². The number of benzene rings is 2. The van der Waals surface area contributed by atoms with Crippen molar-refractivity contribution in [1.82, 2.24) is 5.32 Å². The van der Waals surface area contributed by atoms with E-state index in [1.54, 1.807) is 19.2 Å². The molecule has 0 unspecified atom stereocenters. The summed E-state index contributed by atoms with van der Waals surface area (Å²) >= 11 is 5.89. The average Bonchev–Trinajstić information content (AvgIpc) is 2.72. The van der Waals surface area contributed by atoms with Gasteiger partial charge in [0.25, 0.3) is 0 Å². The van der Waals surface area contributed by atoms with Gasteiger partial charge in [-0.25, -0.2) is 0 Å². The number of carbonyl (C=O) groups is 1. The summed E-state index contributed by atoms with van der Waals surface area (Å²) in [6.07, 6.45) is 5.78. The minimum atomic E-state index is -0.560. The van der Waals surface area contributed by atoms with Gasteiger partial charge < -0.3 is 19.5 Å². The Morgan fingerprint density at radius 2 is 1.86 bits per heavy atom. The lowest BCUT2D eigenvalue weighted by atomic mass is 10.1. The Bertz CT molecular complexity index is 814. The van der Waals surface area contributed by atoms with Crippen LogP contribution in [-0.2, 0) is 22.4 Å². The number of methoxy groups -OCH3 is 2. The molecule has 148 valence electrons. The molecule has 0 aliphatic heterocycles. The summed E-state index contributed by atoms with van der Waals surface area (Å²) in [5, 5.41) is 3.57. The molecule has 0 spiro atoms. The van der Waals surface area contributed by atoms with Crippen LogP contribution in [0.3, 0.4) is 0 Å². The molecule has 0 radical (unpaired) electrons. The van der Waals surface area contributed by atoms with Crippen LogP contribution in [0.1, 0.15) is 11.1 Å². The van der Waals surface area contributed by atoms with Crippen LogP contribution in [0.4, 0.5) is 0 Å². The van der Waals surface area contributed by atoms with Crippen LogP contribution in [0.15, 0.2) is 42.5 Å². The molecule has 1 N–H and O–H groups in total. The summed E-state index contributed by atoms with van der Waals surface area (Å²) in [7, 11) is 3.10. The largest absolute Gasteiger partial charge is 0.493 e. The maximum Gasteiger partial charge on any atom is 0.249 e. The highest BCUT2D eigenvalue weighted by molar-refractivity contribution is 6.30. The molecular formula is C22H24ClNO4. The molecule has 0 aliphatic carbocycles. The van der Waals surface area contributed by atoms with Crippen molar-refractivity contribution in [2.75, 3.05) is 27.4 Å². The van der Waals surface area contributed by atoms with Crippen LogP contribution in [-0.4, -0.2) is 39.4 Å². The Kier molecular flexibility index (Phi) is 8.67. The van der Waals surface area contributed by atoms with E-state index >= 15 is 0 Å². The SMILES string of the molecule is C#CCOc1ccc(CCNC(=O)[C@@H](Cc2ccc(Cl)cc2)OC)cc1OC. The van der Waals surface area contributed by atoms with E-state index in [-0.39, 0.29) is 12.5 Å². The Balaban J connectivity index is 1.87. The number of terminal acetylenes is 1. The molecule has 0 bridgehead atoms. The van der Waals surface area contributed by atoms with Crippen LogP contribution < -0.4 is 14.8 Å². The summed E-state index contributed by atoms with van der Waals surface area (Å²) in [4.78, 5) is 12.4. The molecule has 0 heterocycles. The van der Waals surface area contributed by atoms with Crippen molar-refractivity contribution in [1.29, 1.82) is 0 Å². The summed E-state index contributed by atoms with van der Waals surface area (Å²) in [5.74, 6) is 3.47. The van der Waals surface area contributed by atoms with Crippen LogP contribution in [0.2, 0.25) is 5.02 Å². The highest BCUT2D eigenvalue weighted by atomic mass is 35.5. The topological polar surface area (TPSA) is 56.8 Å². The third kappa shape index (κ3) is 6.49. The molecule has 5 nitrogen and oxygen atoms in total. The zero-order valence-corrected chi connectivity index (χ0v) is 16.8. The van der Waals surface area contributed by atoms with E-state index in [1.807, 2.05) is 30.3 Å². The van der Waals surface area contributed by atoms with Gasteiger partial charge in [0.2, 0.25) is 5.91 Å². The Morgan fingerprint density at radius 3 is 2.50 bits per heavy atom. The van der Waals surface area contributed by atoms with E-state index in [4.69, 9.17) is 32.2 Å². The first-order valence-electron chi connectivity index (χ1n) is 8.85. The monoisotopic (exact) mass is 401 g/mol. The molecule has 0 aliphatic rings. The van der Waals surface area contributed by atoms with Crippen molar-refractivity contribution in [3.8, 4) is 23.8 Å². The molecule has 0 saturated carbocycles. The van der Waals surface area contributed by atoms with Crippen LogP contribution >= 0.6 is 11.6 Å². The number of rotatable bonds is 10. The Hall–Kier alpha value is -2.68. The Labute approximate surface area is 170 Å². The molecule has 6 heteroatoms. The number of hydrogen-bond donors (Lipinski definition) is 1. The number of halogens is 1. The summed E-state index contributed by atoms with van der Waals surface area (Å²) < 4.78 is 16.1. The number of amides is 1. The minimum absolute atomic E-state index is 0.154. The third-order valence-electron chi connectivity index (χ3n) is 4.16. The molecule has 0 aromatic heterocycles. The van der Waals surface area contributed by atoms with Crippen LogP contribution in [0.5, 0.6) is 11.5 Å². The number of hydrogen-bond acceptors (Lipinski definition) is 4. The van der Waals surface area contributed by atoms with Gasteiger partial charge in [-0.3, -0.25) is 4.79 Å². The lowest BCUT2D eigenvalue weighted by Crippen LogP contribution is -2.38. The van der Waals surface area contributed by atoms with Gasteiger partial charge in [0.15, 0.2) is 11.5 Å². The standard InChI is InChI=1S/C22H24ClNO4/c1-4-13-28-19-10-7-17(14-20(19)26-2)11-12-24-22(25)21(27-3)15-16-5-8-18(23)9-6-16/h1,5-10,14,21H,11-13,15H2,2-3H3,(H,24,25)/t21-/m1/s1. The first-order chi connectivity index (χ1) is 13.6. The van der Waals surface area contributed by atoms with Crippen molar-refractivity contribution >= 4 is 17.5 Å². The maximum absolute atomic E-state index is 12.4. The first-order valence-corrected chi connectivity index (χ1v) is 9.23. The molecule has 0 saturated heterocycles. The fourth-order valence-electron chi connectivity index (χ4n) is 2.67. The van der Waals surface area contributed by atoms with E-state index < -0.39 is 6.10 Å². The van der Waals surface area contributed by atoms with Gasteiger partial charge in [-0.1, -0.05) is 35.7 Å². The van der Waals surface area contributed by atoms with Crippen LogP contribution in [0, 0.1) is 12.3 Å². The number of nitrogens with one attached hydrogen (secondary N) is 1. The fraction of sp³-hybridized carbons (Fsp3) is 0.318. The second-order valence-electron chi connectivity index (χ2n) is 6.07. The normalized spacial score (nSPS) is 11.4. The molecule has 2 aromatic rings. The van der Waals surface area contributed by atoms with Crippen molar-refractivity contribution in [3.63, 3.8) is 0 Å².